The SMILES string of the molecule is Cc1c(CN2CCN(Nc3ncnc4sc(CC(F)(F)F)cc34)CC2)ccc2c1cc(C#N)n2CCN1CCN(C(=O)OC(C)(C)C)CC1. The van der Waals surface area contributed by atoms with Gasteiger partial charge in [0.15, 0.2) is 5.82 Å². The van der Waals surface area contributed by atoms with Gasteiger partial charge in [-0.25, -0.2) is 19.8 Å². The third-order valence-corrected chi connectivity index (χ3v) is 10.1. The Morgan fingerprint density at radius 1 is 0.980 bits per heavy atom. The molecule has 0 unspecified atom stereocenters. The number of aryl methyl sites for hydroxylation is 1. The lowest BCUT2D eigenvalue weighted by Crippen LogP contribution is -2.50. The van der Waals surface area contributed by atoms with E-state index in [9.17, 15) is 23.2 Å². The largest absolute Gasteiger partial charge is 0.444 e. The summed E-state index contributed by atoms with van der Waals surface area (Å²) in [4.78, 5) is 28.1. The van der Waals surface area contributed by atoms with Gasteiger partial charge >= 0.3 is 12.3 Å². The Morgan fingerprint density at radius 3 is 2.37 bits per heavy atom. The molecule has 0 bridgehead atoms. The van der Waals surface area contributed by atoms with Crippen LogP contribution in [-0.2, 0) is 24.2 Å². The van der Waals surface area contributed by atoms with Crippen LogP contribution in [0.1, 0.15) is 42.5 Å². The van der Waals surface area contributed by atoms with E-state index in [0.717, 1.165) is 67.1 Å². The summed E-state index contributed by atoms with van der Waals surface area (Å²) < 4.78 is 46.5. The predicted octanol–water partition coefficient (Wildman–Crippen LogP) is 5.63. The number of halogens is 3. The summed E-state index contributed by atoms with van der Waals surface area (Å²) in [6, 6.07) is 10.2. The van der Waals surface area contributed by atoms with Crippen molar-refractivity contribution in [2.45, 2.75) is 59.0 Å². The summed E-state index contributed by atoms with van der Waals surface area (Å²) in [6.45, 7) is 15.7. The lowest BCUT2D eigenvalue weighted by atomic mass is 10.0. The van der Waals surface area contributed by atoms with Crippen LogP contribution in [0.15, 0.2) is 30.6 Å². The standard InChI is InChI=1S/C34H42F3N9O2S/c1-23-24(21-43-9-14-45(15-10-43)41-30-28-18-26(19-34(35,36)37)49-31(28)40-22-39-30)5-6-29-27(23)17-25(20-38)46(29)16-11-42-7-12-44(13-8-42)32(47)48-33(2,3)4/h5-6,17-18,22H,7-16,19,21H2,1-4H3,(H,39,40,41). The first kappa shape index (κ1) is 34.9. The van der Waals surface area contributed by atoms with Crippen LogP contribution in [0.25, 0.3) is 21.1 Å². The zero-order valence-electron chi connectivity index (χ0n) is 28.3. The van der Waals surface area contributed by atoms with Gasteiger partial charge in [-0.15, -0.1) is 11.3 Å². The molecule has 0 saturated carbocycles. The van der Waals surface area contributed by atoms with Crippen molar-refractivity contribution in [3.63, 3.8) is 0 Å². The second kappa shape index (κ2) is 14.1. The average Bonchev–Trinajstić information content (AvgIpc) is 3.62. The first-order valence-corrected chi connectivity index (χ1v) is 17.3. The summed E-state index contributed by atoms with van der Waals surface area (Å²) in [6.07, 6.45) is -4.14. The van der Waals surface area contributed by atoms with E-state index in [1.165, 1.54) is 18.0 Å². The summed E-state index contributed by atoms with van der Waals surface area (Å²) in [5.41, 5.74) is 6.84. The molecule has 2 aliphatic heterocycles. The van der Waals surface area contributed by atoms with Crippen LogP contribution in [0.2, 0.25) is 0 Å². The molecule has 4 aromatic rings. The van der Waals surface area contributed by atoms with Gasteiger partial charge in [0.25, 0.3) is 0 Å². The molecular formula is C34H42F3N9O2S. The van der Waals surface area contributed by atoms with E-state index in [1.54, 1.807) is 4.90 Å². The minimum Gasteiger partial charge on any atom is -0.444 e. The number of nitrogens with zero attached hydrogens (tertiary/aromatic N) is 8. The highest BCUT2D eigenvalue weighted by atomic mass is 32.1. The van der Waals surface area contributed by atoms with Gasteiger partial charge in [0.05, 0.1) is 11.8 Å². The van der Waals surface area contributed by atoms with Crippen LogP contribution < -0.4 is 5.43 Å². The van der Waals surface area contributed by atoms with Gasteiger partial charge in [0.2, 0.25) is 0 Å². The number of nitrogens with one attached hydrogen (secondary N) is 1. The number of benzene rings is 1. The van der Waals surface area contributed by atoms with E-state index in [4.69, 9.17) is 4.74 Å². The molecule has 3 aromatic heterocycles. The first-order valence-electron chi connectivity index (χ1n) is 16.5. The zero-order valence-corrected chi connectivity index (χ0v) is 29.1. The van der Waals surface area contributed by atoms with Crippen molar-refractivity contribution in [3.8, 4) is 6.07 Å². The number of fused-ring (bicyclic) bond motifs is 2. The normalized spacial score (nSPS) is 17.1. The maximum absolute atomic E-state index is 12.9. The fourth-order valence-electron chi connectivity index (χ4n) is 6.44. The maximum atomic E-state index is 12.9. The Morgan fingerprint density at radius 2 is 1.69 bits per heavy atom. The number of piperazine rings is 2. The summed E-state index contributed by atoms with van der Waals surface area (Å²) in [7, 11) is 0. The number of hydrazine groups is 1. The number of amides is 1. The van der Waals surface area contributed by atoms with Gasteiger partial charge in [-0.1, -0.05) is 6.07 Å². The van der Waals surface area contributed by atoms with Crippen LogP contribution >= 0.6 is 11.3 Å². The van der Waals surface area contributed by atoms with E-state index in [1.807, 2.05) is 31.8 Å². The lowest BCUT2D eigenvalue weighted by Gasteiger charge is -2.35. The molecule has 1 N–H and O–H groups in total. The first-order chi connectivity index (χ1) is 23.3. The molecule has 2 saturated heterocycles. The number of nitriles is 1. The predicted molar refractivity (Wildman–Crippen MR) is 183 cm³/mol. The van der Waals surface area contributed by atoms with Gasteiger partial charge in [-0.2, -0.15) is 18.4 Å². The number of carbonyl (C=O) groups excluding carboxylic acids is 1. The van der Waals surface area contributed by atoms with E-state index >= 15 is 0 Å². The van der Waals surface area contributed by atoms with Crippen LogP contribution in [0.4, 0.5) is 23.8 Å². The molecule has 0 aliphatic carbocycles. The molecular weight excluding hydrogens is 655 g/mol. The molecule has 11 nitrogen and oxygen atoms in total. The Balaban J connectivity index is 1.04. The quantitative estimate of drug-likeness (QED) is 0.251. The topological polar surface area (TPSA) is 106 Å². The van der Waals surface area contributed by atoms with Crippen molar-refractivity contribution < 1.29 is 22.7 Å². The third kappa shape index (κ3) is 8.43. The lowest BCUT2D eigenvalue weighted by molar-refractivity contribution is -0.126. The molecule has 2 aliphatic rings. The van der Waals surface area contributed by atoms with Gasteiger partial charge in [0.1, 0.15) is 28.5 Å². The molecule has 2 fully saturated rings. The number of anilines is 1. The summed E-state index contributed by atoms with van der Waals surface area (Å²) in [5.74, 6) is 0.519. The highest BCUT2D eigenvalue weighted by Gasteiger charge is 2.30. The Labute approximate surface area is 287 Å². The molecule has 0 radical (unpaired) electrons. The number of aromatic nitrogens is 3. The minimum atomic E-state index is -4.27. The Bertz CT molecular complexity index is 1840. The zero-order chi connectivity index (χ0) is 34.9. The highest BCUT2D eigenvalue weighted by molar-refractivity contribution is 7.18. The molecule has 1 amide bonds. The van der Waals surface area contributed by atoms with Crippen molar-refractivity contribution in [1.82, 2.24) is 34.2 Å². The fraction of sp³-hybridized carbons (Fsp3) is 0.529. The number of hydrogen-bond donors (Lipinski definition) is 1. The Kier molecular flexibility index (Phi) is 10.0. The monoisotopic (exact) mass is 697 g/mol. The molecule has 262 valence electrons. The smallest absolute Gasteiger partial charge is 0.410 e. The van der Waals surface area contributed by atoms with E-state index in [2.05, 4.69) is 54.9 Å². The molecule has 15 heteroatoms. The average molecular weight is 698 g/mol. The summed E-state index contributed by atoms with van der Waals surface area (Å²) in [5, 5.41) is 13.7. The van der Waals surface area contributed by atoms with Crippen LogP contribution in [0, 0.1) is 18.3 Å². The second-order valence-electron chi connectivity index (χ2n) is 13.7. The van der Waals surface area contributed by atoms with Crippen LogP contribution in [-0.4, -0.2) is 111 Å². The summed E-state index contributed by atoms with van der Waals surface area (Å²) >= 11 is 1.04. The van der Waals surface area contributed by atoms with E-state index in [0.29, 0.717) is 54.5 Å². The maximum Gasteiger partial charge on any atom is 0.410 e. The number of ether oxygens (including phenoxy) is 1. The Hall–Kier alpha value is -3.97. The fourth-order valence-corrected chi connectivity index (χ4v) is 7.46. The number of alkyl halides is 3. The van der Waals surface area contributed by atoms with Crippen molar-refractivity contribution >= 4 is 44.4 Å². The molecule has 0 atom stereocenters. The highest BCUT2D eigenvalue weighted by Crippen LogP contribution is 2.33. The number of rotatable bonds is 8. The van der Waals surface area contributed by atoms with Crippen LogP contribution in [0.5, 0.6) is 0 Å². The molecule has 49 heavy (non-hydrogen) atoms. The molecule has 5 heterocycles. The second-order valence-corrected chi connectivity index (χ2v) is 14.8. The number of hydrogen-bond acceptors (Lipinski definition) is 10. The van der Waals surface area contributed by atoms with Crippen molar-refractivity contribution in [3.05, 3.63) is 52.3 Å². The van der Waals surface area contributed by atoms with Gasteiger partial charge in [-0.05, 0) is 57.0 Å². The van der Waals surface area contributed by atoms with Gasteiger partial charge < -0.3 is 19.6 Å². The molecule has 6 rings (SSSR count). The van der Waals surface area contributed by atoms with E-state index in [-0.39, 0.29) is 11.0 Å². The third-order valence-electron chi connectivity index (χ3n) is 9.03. The van der Waals surface area contributed by atoms with Crippen molar-refractivity contribution in [2.24, 2.45) is 0 Å². The van der Waals surface area contributed by atoms with Crippen molar-refractivity contribution in [1.29, 1.82) is 5.26 Å². The number of carbonyl (C=O) groups is 1. The number of thiophene rings is 1. The van der Waals surface area contributed by atoms with Gasteiger partial charge in [-0.3, -0.25) is 9.80 Å². The van der Waals surface area contributed by atoms with Crippen LogP contribution in [0.3, 0.4) is 0 Å². The molecule has 0 spiro atoms. The van der Waals surface area contributed by atoms with Crippen molar-refractivity contribution in [2.75, 3.05) is 64.3 Å². The minimum absolute atomic E-state index is 0.218. The van der Waals surface area contributed by atoms with Gasteiger partial charge in [0, 0.05) is 87.8 Å². The molecule has 1 aromatic carbocycles. The van der Waals surface area contributed by atoms with E-state index < -0.39 is 18.2 Å².